The van der Waals surface area contributed by atoms with Gasteiger partial charge in [0.15, 0.2) is 0 Å². The number of carbonyl (C=O) groups excluding carboxylic acids is 1. The van der Waals surface area contributed by atoms with Crippen molar-refractivity contribution in [2.45, 2.75) is 31.9 Å². The van der Waals surface area contributed by atoms with E-state index < -0.39 is 18.2 Å². The number of anilines is 1. The molecule has 162 valence electrons. The van der Waals surface area contributed by atoms with Gasteiger partial charge >= 0.3 is 12.4 Å². The number of nitrogens with one attached hydrogen (secondary N) is 2. The third-order valence-corrected chi connectivity index (χ3v) is 4.52. The van der Waals surface area contributed by atoms with E-state index in [1.165, 1.54) is 36.4 Å². The molecule has 0 spiro atoms. The van der Waals surface area contributed by atoms with Crippen molar-refractivity contribution in [2.24, 2.45) is 0 Å². The summed E-state index contributed by atoms with van der Waals surface area (Å²) in [5, 5.41) is 2.54. The minimum absolute atomic E-state index is 0.150. The van der Waals surface area contributed by atoms with E-state index in [0.717, 1.165) is 5.56 Å². The largest absolute Gasteiger partial charge is 0.573 e. The van der Waals surface area contributed by atoms with E-state index in [2.05, 4.69) is 20.4 Å². The number of nitrogens with zero attached hydrogens (tertiary/aromatic N) is 1. The lowest BCUT2D eigenvalue weighted by Crippen LogP contribution is -2.40. The number of amides is 2. The van der Waals surface area contributed by atoms with Gasteiger partial charge in [0.05, 0.1) is 6.10 Å². The molecular formula is C20H21F4N3O3. The quantitative estimate of drug-likeness (QED) is 0.529. The van der Waals surface area contributed by atoms with Crippen molar-refractivity contribution < 1.29 is 31.9 Å². The summed E-state index contributed by atoms with van der Waals surface area (Å²) in [5.41, 5.74) is 3.66. The fourth-order valence-electron chi connectivity index (χ4n) is 3.07. The fourth-order valence-corrected chi connectivity index (χ4v) is 3.07. The maximum atomic E-state index is 12.9. The standard InChI is InChI=1S/C20H21F4N3O3/c21-15-3-5-16(6-4-15)25-19(28)26-30-18-9-11-27(12-10-18)13-14-1-7-17(8-2-14)29-20(22,23)24/h1-8,18H,9-13H2,(H2,25,26,28). The average Bonchev–Trinajstić information content (AvgIpc) is 2.70. The lowest BCUT2D eigenvalue weighted by atomic mass is 10.1. The highest BCUT2D eigenvalue weighted by molar-refractivity contribution is 5.88. The molecule has 1 heterocycles. The highest BCUT2D eigenvalue weighted by Gasteiger charge is 2.31. The second kappa shape index (κ2) is 9.77. The summed E-state index contributed by atoms with van der Waals surface area (Å²) < 4.78 is 53.3. The molecule has 1 aliphatic heterocycles. The van der Waals surface area contributed by atoms with E-state index in [0.29, 0.717) is 38.2 Å². The minimum Gasteiger partial charge on any atom is -0.406 e. The number of piperidine rings is 1. The molecule has 0 bridgehead atoms. The van der Waals surface area contributed by atoms with Crippen molar-refractivity contribution in [2.75, 3.05) is 18.4 Å². The third kappa shape index (κ3) is 7.20. The summed E-state index contributed by atoms with van der Waals surface area (Å²) in [6.45, 7) is 2.02. The maximum Gasteiger partial charge on any atom is 0.573 e. The van der Waals surface area contributed by atoms with Crippen molar-refractivity contribution >= 4 is 11.7 Å². The molecule has 2 N–H and O–H groups in total. The molecule has 1 aliphatic rings. The fraction of sp³-hybridized carbons (Fsp3) is 0.350. The smallest absolute Gasteiger partial charge is 0.406 e. The molecule has 0 saturated carbocycles. The first-order valence-electron chi connectivity index (χ1n) is 9.32. The monoisotopic (exact) mass is 427 g/mol. The molecule has 0 aromatic heterocycles. The van der Waals surface area contributed by atoms with Gasteiger partial charge in [-0.15, -0.1) is 13.2 Å². The second-order valence-electron chi connectivity index (χ2n) is 6.85. The maximum absolute atomic E-state index is 12.9. The number of urea groups is 1. The number of halogens is 4. The zero-order valence-corrected chi connectivity index (χ0v) is 15.9. The van der Waals surface area contributed by atoms with Gasteiger partial charge in [-0.05, 0) is 54.8 Å². The summed E-state index contributed by atoms with van der Waals surface area (Å²) in [5.74, 6) is -0.641. The summed E-state index contributed by atoms with van der Waals surface area (Å²) >= 11 is 0. The van der Waals surface area contributed by atoms with Crippen molar-refractivity contribution in [1.82, 2.24) is 10.4 Å². The molecule has 2 aromatic rings. The van der Waals surface area contributed by atoms with Crippen molar-refractivity contribution in [3.8, 4) is 5.75 Å². The van der Waals surface area contributed by atoms with E-state index in [1.807, 2.05) is 0 Å². The van der Waals surface area contributed by atoms with Crippen LogP contribution < -0.4 is 15.5 Å². The van der Waals surface area contributed by atoms with Gasteiger partial charge in [0.1, 0.15) is 11.6 Å². The Hall–Kier alpha value is -2.85. The topological polar surface area (TPSA) is 62.8 Å². The molecule has 6 nitrogen and oxygen atoms in total. The van der Waals surface area contributed by atoms with Crippen LogP contribution in [-0.4, -0.2) is 36.5 Å². The highest BCUT2D eigenvalue weighted by Crippen LogP contribution is 2.23. The van der Waals surface area contributed by atoms with E-state index in [9.17, 15) is 22.4 Å². The molecule has 10 heteroatoms. The summed E-state index contributed by atoms with van der Waals surface area (Å²) in [6.07, 6.45) is -3.48. The predicted octanol–water partition coefficient (Wildman–Crippen LogP) is 4.44. The van der Waals surface area contributed by atoms with E-state index in [1.54, 1.807) is 12.1 Å². The van der Waals surface area contributed by atoms with Crippen LogP contribution >= 0.6 is 0 Å². The molecule has 0 aliphatic carbocycles. The first-order valence-corrected chi connectivity index (χ1v) is 9.32. The Labute approximate surface area is 170 Å². The van der Waals surface area contributed by atoms with Gasteiger partial charge in [-0.3, -0.25) is 9.74 Å². The number of carbonyl (C=O) groups is 1. The molecule has 0 atom stereocenters. The number of likely N-dealkylation sites (tertiary alicyclic amines) is 1. The number of hydrogen-bond donors (Lipinski definition) is 2. The molecule has 3 rings (SSSR count). The lowest BCUT2D eigenvalue weighted by Gasteiger charge is -2.31. The molecule has 2 amide bonds. The number of alkyl halides is 3. The number of hydrogen-bond acceptors (Lipinski definition) is 4. The molecule has 2 aromatic carbocycles. The van der Waals surface area contributed by atoms with Gasteiger partial charge in [0.25, 0.3) is 0 Å². The van der Waals surface area contributed by atoms with E-state index >= 15 is 0 Å². The molecule has 1 saturated heterocycles. The number of hydroxylamine groups is 1. The van der Waals surface area contributed by atoms with Crippen LogP contribution in [0, 0.1) is 5.82 Å². The highest BCUT2D eigenvalue weighted by atomic mass is 19.4. The summed E-state index contributed by atoms with van der Waals surface area (Å²) in [6, 6.07) is 10.6. The molecular weight excluding hydrogens is 406 g/mol. The Balaban J connectivity index is 1.36. The van der Waals surface area contributed by atoms with Crippen LogP contribution in [0.4, 0.5) is 28.0 Å². The minimum atomic E-state index is -4.70. The zero-order chi connectivity index (χ0) is 21.6. The van der Waals surface area contributed by atoms with Crippen LogP contribution in [0.25, 0.3) is 0 Å². The third-order valence-electron chi connectivity index (χ3n) is 4.52. The van der Waals surface area contributed by atoms with Gasteiger partial charge in [-0.1, -0.05) is 12.1 Å². The molecule has 0 unspecified atom stereocenters. The Kier molecular flexibility index (Phi) is 7.11. The number of rotatable bonds is 6. The normalized spacial score (nSPS) is 15.6. The Morgan fingerprint density at radius 3 is 2.27 bits per heavy atom. The van der Waals surface area contributed by atoms with Crippen molar-refractivity contribution in [3.63, 3.8) is 0 Å². The summed E-state index contributed by atoms with van der Waals surface area (Å²) in [4.78, 5) is 19.4. The molecule has 30 heavy (non-hydrogen) atoms. The Morgan fingerprint density at radius 2 is 1.67 bits per heavy atom. The van der Waals surface area contributed by atoms with Gasteiger partial charge in [0.2, 0.25) is 0 Å². The summed E-state index contributed by atoms with van der Waals surface area (Å²) in [7, 11) is 0. The van der Waals surface area contributed by atoms with E-state index in [-0.39, 0.29) is 11.9 Å². The van der Waals surface area contributed by atoms with Crippen LogP contribution in [0.1, 0.15) is 18.4 Å². The van der Waals surface area contributed by atoms with E-state index in [4.69, 9.17) is 4.84 Å². The van der Waals surface area contributed by atoms with Gasteiger partial charge < -0.3 is 10.1 Å². The first-order chi connectivity index (χ1) is 14.3. The van der Waals surface area contributed by atoms with Crippen molar-refractivity contribution in [3.05, 3.63) is 59.9 Å². The number of benzene rings is 2. The van der Waals surface area contributed by atoms with Gasteiger partial charge in [-0.25, -0.2) is 14.7 Å². The molecule has 0 radical (unpaired) electrons. The molecule has 1 fully saturated rings. The number of ether oxygens (including phenoxy) is 1. The van der Waals surface area contributed by atoms with Crippen LogP contribution in [0.5, 0.6) is 5.75 Å². The predicted molar refractivity (Wildman–Crippen MR) is 101 cm³/mol. The van der Waals surface area contributed by atoms with Crippen LogP contribution in [0.3, 0.4) is 0 Å². The van der Waals surface area contributed by atoms with Crippen LogP contribution in [0.15, 0.2) is 48.5 Å². The Bertz CT molecular complexity index is 821. The van der Waals surface area contributed by atoms with Gasteiger partial charge in [0, 0.05) is 25.3 Å². The van der Waals surface area contributed by atoms with Crippen LogP contribution in [-0.2, 0) is 11.4 Å². The average molecular weight is 427 g/mol. The second-order valence-corrected chi connectivity index (χ2v) is 6.85. The SMILES string of the molecule is O=C(NOC1CCN(Cc2ccc(OC(F)(F)F)cc2)CC1)Nc1ccc(F)cc1. The Morgan fingerprint density at radius 1 is 1.03 bits per heavy atom. The van der Waals surface area contributed by atoms with Gasteiger partial charge in [-0.2, -0.15) is 0 Å². The zero-order valence-electron chi connectivity index (χ0n) is 15.9. The van der Waals surface area contributed by atoms with Crippen LogP contribution in [0.2, 0.25) is 0 Å². The van der Waals surface area contributed by atoms with Crippen molar-refractivity contribution in [1.29, 1.82) is 0 Å². The lowest BCUT2D eigenvalue weighted by molar-refractivity contribution is -0.274. The first kappa shape index (κ1) is 21.8.